The number of amides is 2. The average Bonchev–Trinajstić information content (AvgIpc) is 2.99. The first-order chi connectivity index (χ1) is 14.0. The number of hydrogen-bond donors (Lipinski definition) is 0. The Bertz CT molecular complexity index is 1060. The van der Waals surface area contributed by atoms with Crippen molar-refractivity contribution in [3.63, 3.8) is 0 Å². The summed E-state index contributed by atoms with van der Waals surface area (Å²) in [7, 11) is 0. The SMILES string of the molecule is O=C(c1ccc(F)cc1)c1ccc(OCCN2C(=O)c3ccccc3C2=O)cc1. The van der Waals surface area contributed by atoms with E-state index in [0.29, 0.717) is 28.0 Å². The van der Waals surface area contributed by atoms with Gasteiger partial charge in [-0.1, -0.05) is 12.1 Å². The number of carbonyl (C=O) groups excluding carboxylic acids is 3. The third-order valence-electron chi connectivity index (χ3n) is 4.68. The molecule has 3 aromatic rings. The van der Waals surface area contributed by atoms with Crippen molar-refractivity contribution in [2.75, 3.05) is 13.2 Å². The number of halogens is 1. The van der Waals surface area contributed by atoms with Gasteiger partial charge in [0.2, 0.25) is 0 Å². The summed E-state index contributed by atoms with van der Waals surface area (Å²) < 4.78 is 18.6. The predicted molar refractivity (Wildman–Crippen MR) is 104 cm³/mol. The van der Waals surface area contributed by atoms with Gasteiger partial charge in [-0.25, -0.2) is 4.39 Å². The summed E-state index contributed by atoms with van der Waals surface area (Å²) in [6.07, 6.45) is 0. The average molecular weight is 389 g/mol. The fourth-order valence-electron chi connectivity index (χ4n) is 3.17. The number of carbonyl (C=O) groups is 3. The topological polar surface area (TPSA) is 63.7 Å². The summed E-state index contributed by atoms with van der Waals surface area (Å²) in [5.74, 6) is -0.757. The molecule has 2 amide bonds. The fourth-order valence-corrected chi connectivity index (χ4v) is 3.17. The summed E-state index contributed by atoms with van der Waals surface area (Å²) in [4.78, 5) is 38.2. The molecule has 1 heterocycles. The first-order valence-electron chi connectivity index (χ1n) is 9.03. The Hall–Kier alpha value is -3.80. The number of ether oxygens (including phenoxy) is 1. The van der Waals surface area contributed by atoms with Gasteiger partial charge in [0, 0.05) is 11.1 Å². The quantitative estimate of drug-likeness (QED) is 0.476. The zero-order valence-corrected chi connectivity index (χ0v) is 15.3. The Labute approximate surface area is 166 Å². The van der Waals surface area contributed by atoms with Crippen LogP contribution >= 0.6 is 0 Å². The second-order valence-electron chi connectivity index (χ2n) is 6.52. The Morgan fingerprint density at radius 2 is 1.31 bits per heavy atom. The van der Waals surface area contributed by atoms with E-state index in [1.165, 1.54) is 24.3 Å². The minimum atomic E-state index is -0.400. The van der Waals surface area contributed by atoms with Crippen LogP contribution in [0.4, 0.5) is 4.39 Å². The number of imide groups is 1. The van der Waals surface area contributed by atoms with E-state index in [1.54, 1.807) is 48.5 Å². The molecule has 0 saturated carbocycles. The van der Waals surface area contributed by atoms with Crippen molar-refractivity contribution in [1.82, 2.24) is 4.90 Å². The third-order valence-corrected chi connectivity index (χ3v) is 4.68. The molecule has 0 saturated heterocycles. The highest BCUT2D eigenvalue weighted by Gasteiger charge is 2.34. The Balaban J connectivity index is 1.35. The highest BCUT2D eigenvalue weighted by molar-refractivity contribution is 6.21. The van der Waals surface area contributed by atoms with Gasteiger partial charge in [0.1, 0.15) is 18.2 Å². The summed E-state index contributed by atoms with van der Waals surface area (Å²) in [5, 5.41) is 0. The lowest BCUT2D eigenvalue weighted by atomic mass is 10.0. The fraction of sp³-hybridized carbons (Fsp3) is 0.0870. The van der Waals surface area contributed by atoms with Crippen LogP contribution in [0, 0.1) is 5.82 Å². The van der Waals surface area contributed by atoms with E-state index in [1.807, 2.05) is 0 Å². The largest absolute Gasteiger partial charge is 0.492 e. The second kappa shape index (κ2) is 7.67. The molecule has 0 bridgehead atoms. The molecule has 4 rings (SSSR count). The lowest BCUT2D eigenvalue weighted by Gasteiger charge is -2.14. The Morgan fingerprint density at radius 1 is 0.793 bits per heavy atom. The van der Waals surface area contributed by atoms with Crippen LogP contribution in [0.5, 0.6) is 5.75 Å². The zero-order chi connectivity index (χ0) is 20.4. The summed E-state index contributed by atoms with van der Waals surface area (Å²) in [6.45, 7) is 0.263. The molecule has 144 valence electrons. The monoisotopic (exact) mass is 389 g/mol. The number of hydrogen-bond acceptors (Lipinski definition) is 4. The smallest absolute Gasteiger partial charge is 0.261 e. The van der Waals surface area contributed by atoms with Crippen LogP contribution in [0.25, 0.3) is 0 Å². The maximum Gasteiger partial charge on any atom is 0.261 e. The van der Waals surface area contributed by atoms with Crippen LogP contribution < -0.4 is 4.74 Å². The number of benzene rings is 3. The van der Waals surface area contributed by atoms with Crippen molar-refractivity contribution in [1.29, 1.82) is 0 Å². The van der Waals surface area contributed by atoms with Gasteiger partial charge < -0.3 is 4.74 Å². The minimum Gasteiger partial charge on any atom is -0.492 e. The molecule has 1 aliphatic heterocycles. The van der Waals surface area contributed by atoms with Crippen molar-refractivity contribution >= 4 is 17.6 Å². The molecule has 0 atom stereocenters. The lowest BCUT2D eigenvalue weighted by Crippen LogP contribution is -2.33. The third kappa shape index (κ3) is 3.65. The van der Waals surface area contributed by atoms with Crippen LogP contribution in [-0.4, -0.2) is 35.6 Å². The molecule has 3 aromatic carbocycles. The Kier molecular flexibility index (Phi) is 4.91. The summed E-state index contributed by atoms with van der Waals surface area (Å²) >= 11 is 0. The molecular formula is C23H16FNO4. The standard InChI is InChI=1S/C23H16FNO4/c24-17-9-5-15(6-10-17)21(26)16-7-11-18(12-8-16)29-14-13-25-22(27)19-3-1-2-4-20(19)23(25)28/h1-12H,13-14H2. The van der Waals surface area contributed by atoms with Crippen LogP contribution in [0.1, 0.15) is 36.6 Å². The first kappa shape index (κ1) is 18.6. The van der Waals surface area contributed by atoms with Gasteiger partial charge in [0.25, 0.3) is 11.8 Å². The van der Waals surface area contributed by atoms with E-state index in [4.69, 9.17) is 4.74 Å². The molecule has 0 radical (unpaired) electrons. The minimum absolute atomic E-state index is 0.128. The molecule has 6 heteroatoms. The number of rotatable bonds is 6. The molecule has 5 nitrogen and oxygen atoms in total. The maximum atomic E-state index is 13.0. The van der Waals surface area contributed by atoms with Gasteiger partial charge in [0.15, 0.2) is 5.78 Å². The van der Waals surface area contributed by atoms with Crippen molar-refractivity contribution in [2.24, 2.45) is 0 Å². The van der Waals surface area contributed by atoms with Crippen LogP contribution in [0.2, 0.25) is 0 Å². The Morgan fingerprint density at radius 3 is 1.86 bits per heavy atom. The molecule has 0 fully saturated rings. The lowest BCUT2D eigenvalue weighted by molar-refractivity contribution is 0.0631. The molecule has 0 N–H and O–H groups in total. The highest BCUT2D eigenvalue weighted by atomic mass is 19.1. The molecule has 0 spiro atoms. The maximum absolute atomic E-state index is 13.0. The highest BCUT2D eigenvalue weighted by Crippen LogP contribution is 2.22. The number of fused-ring (bicyclic) bond motifs is 1. The van der Waals surface area contributed by atoms with E-state index in [9.17, 15) is 18.8 Å². The van der Waals surface area contributed by atoms with E-state index < -0.39 is 5.82 Å². The van der Waals surface area contributed by atoms with Crippen LogP contribution in [0.15, 0.2) is 72.8 Å². The molecule has 1 aliphatic rings. The van der Waals surface area contributed by atoms with E-state index in [0.717, 1.165) is 4.90 Å². The van der Waals surface area contributed by atoms with Gasteiger partial charge in [-0.2, -0.15) is 0 Å². The molecule has 0 aliphatic carbocycles. The zero-order valence-electron chi connectivity index (χ0n) is 15.3. The van der Waals surface area contributed by atoms with Crippen LogP contribution in [-0.2, 0) is 0 Å². The number of nitrogens with zero attached hydrogens (tertiary/aromatic N) is 1. The van der Waals surface area contributed by atoms with Gasteiger partial charge in [-0.3, -0.25) is 19.3 Å². The van der Waals surface area contributed by atoms with Gasteiger partial charge >= 0.3 is 0 Å². The molecular weight excluding hydrogens is 373 g/mol. The van der Waals surface area contributed by atoms with E-state index in [-0.39, 0.29) is 30.7 Å². The van der Waals surface area contributed by atoms with Gasteiger partial charge in [0.05, 0.1) is 17.7 Å². The van der Waals surface area contributed by atoms with Crippen LogP contribution in [0.3, 0.4) is 0 Å². The van der Waals surface area contributed by atoms with E-state index >= 15 is 0 Å². The normalized spacial score (nSPS) is 12.8. The van der Waals surface area contributed by atoms with Crippen molar-refractivity contribution in [3.05, 3.63) is 101 Å². The molecule has 0 aromatic heterocycles. The van der Waals surface area contributed by atoms with Gasteiger partial charge in [-0.05, 0) is 60.7 Å². The molecule has 0 unspecified atom stereocenters. The number of ketones is 1. The first-order valence-corrected chi connectivity index (χ1v) is 9.03. The molecule has 29 heavy (non-hydrogen) atoms. The van der Waals surface area contributed by atoms with Crippen molar-refractivity contribution in [2.45, 2.75) is 0 Å². The van der Waals surface area contributed by atoms with Crippen molar-refractivity contribution in [3.8, 4) is 5.75 Å². The summed E-state index contributed by atoms with van der Waals surface area (Å²) in [6, 6.07) is 18.6. The summed E-state index contributed by atoms with van der Waals surface area (Å²) in [5.41, 5.74) is 1.65. The van der Waals surface area contributed by atoms with Gasteiger partial charge in [-0.15, -0.1) is 0 Å². The predicted octanol–water partition coefficient (Wildman–Crippen LogP) is 3.73. The van der Waals surface area contributed by atoms with E-state index in [2.05, 4.69) is 0 Å². The second-order valence-corrected chi connectivity index (χ2v) is 6.52. The van der Waals surface area contributed by atoms with Crippen molar-refractivity contribution < 1.29 is 23.5 Å².